The summed E-state index contributed by atoms with van der Waals surface area (Å²) in [6.07, 6.45) is 4.41. The van der Waals surface area contributed by atoms with Crippen molar-refractivity contribution in [3.8, 4) is 0 Å². The fourth-order valence-electron chi connectivity index (χ4n) is 2.34. The monoisotopic (exact) mass is 395 g/mol. The Labute approximate surface area is 137 Å². The van der Waals surface area contributed by atoms with Crippen molar-refractivity contribution in [3.63, 3.8) is 0 Å². The van der Waals surface area contributed by atoms with Crippen LogP contribution in [0, 0.1) is 5.92 Å². The van der Waals surface area contributed by atoms with Crippen molar-refractivity contribution in [3.05, 3.63) is 27.2 Å². The normalized spacial score (nSPS) is 16.1. The molecule has 0 saturated heterocycles. The lowest BCUT2D eigenvalue weighted by molar-refractivity contribution is 0.0442. The second kappa shape index (κ2) is 6.64. The maximum Gasteiger partial charge on any atom is 0.338 e. The summed E-state index contributed by atoms with van der Waals surface area (Å²) in [5.74, 6) is -0.209. The van der Waals surface area contributed by atoms with E-state index < -0.39 is 16.0 Å². The average Bonchev–Trinajstić information content (AvgIpc) is 2.90. The van der Waals surface area contributed by atoms with Crippen LogP contribution in [0.5, 0.6) is 0 Å². The molecule has 8 heteroatoms. The first-order valence-corrected chi connectivity index (χ1v) is 9.19. The standard InChI is InChI=1S/C13H15BrClNO4S/c14-12-10(15)5-9(6-11(12)21(16,18)19)13(17)20-7-8-3-1-2-4-8/h5-6,8H,1-4,7H2,(H2,16,18,19). The van der Waals surface area contributed by atoms with E-state index in [1.165, 1.54) is 12.1 Å². The number of carbonyl (C=O) groups is 1. The van der Waals surface area contributed by atoms with Gasteiger partial charge in [-0.2, -0.15) is 0 Å². The van der Waals surface area contributed by atoms with E-state index in [-0.39, 0.29) is 20.0 Å². The van der Waals surface area contributed by atoms with Gasteiger partial charge in [0.05, 0.1) is 26.6 Å². The first-order valence-electron chi connectivity index (χ1n) is 6.48. The maximum atomic E-state index is 12.0. The van der Waals surface area contributed by atoms with E-state index in [0.717, 1.165) is 25.7 Å². The van der Waals surface area contributed by atoms with Crippen LogP contribution in [-0.2, 0) is 14.8 Å². The number of hydrogen-bond donors (Lipinski definition) is 1. The number of primary sulfonamides is 1. The third-order valence-electron chi connectivity index (χ3n) is 3.46. The molecule has 0 spiro atoms. The Morgan fingerprint density at radius 1 is 1.38 bits per heavy atom. The Balaban J connectivity index is 2.19. The molecule has 0 bridgehead atoms. The number of hydrogen-bond acceptors (Lipinski definition) is 4. The molecule has 5 nitrogen and oxygen atoms in total. The van der Waals surface area contributed by atoms with Crippen molar-refractivity contribution < 1.29 is 17.9 Å². The molecular formula is C13H15BrClNO4S. The Hall–Kier alpha value is -0.630. The summed E-state index contributed by atoms with van der Waals surface area (Å²) < 4.78 is 28.3. The lowest BCUT2D eigenvalue weighted by atomic mass is 10.1. The quantitative estimate of drug-likeness (QED) is 0.792. The zero-order valence-electron chi connectivity index (χ0n) is 11.1. The minimum atomic E-state index is -3.98. The van der Waals surface area contributed by atoms with Crippen molar-refractivity contribution in [1.82, 2.24) is 0 Å². The largest absolute Gasteiger partial charge is 0.462 e. The Kier molecular flexibility index (Phi) is 5.29. The molecule has 1 aliphatic carbocycles. The van der Waals surface area contributed by atoms with Crippen molar-refractivity contribution in [2.24, 2.45) is 11.1 Å². The van der Waals surface area contributed by atoms with Gasteiger partial charge in [-0.3, -0.25) is 0 Å². The van der Waals surface area contributed by atoms with Gasteiger partial charge in [-0.15, -0.1) is 0 Å². The topological polar surface area (TPSA) is 86.5 Å². The number of halogens is 2. The van der Waals surface area contributed by atoms with Crippen LogP contribution in [0.2, 0.25) is 5.02 Å². The van der Waals surface area contributed by atoms with Gasteiger partial charge < -0.3 is 4.74 Å². The summed E-state index contributed by atoms with van der Waals surface area (Å²) in [6.45, 7) is 0.344. The highest BCUT2D eigenvalue weighted by Gasteiger charge is 2.21. The van der Waals surface area contributed by atoms with Crippen LogP contribution >= 0.6 is 27.5 Å². The maximum absolute atomic E-state index is 12.0. The number of sulfonamides is 1. The first-order chi connectivity index (χ1) is 9.79. The van der Waals surface area contributed by atoms with Gasteiger partial charge in [0.15, 0.2) is 0 Å². The van der Waals surface area contributed by atoms with Gasteiger partial charge in [-0.25, -0.2) is 18.4 Å². The summed E-state index contributed by atoms with van der Waals surface area (Å²) in [5, 5.41) is 5.19. The number of ether oxygens (including phenoxy) is 1. The SMILES string of the molecule is NS(=O)(=O)c1cc(C(=O)OCC2CCCC2)cc(Cl)c1Br. The third-order valence-corrected chi connectivity index (χ3v) is 6.04. The molecule has 0 radical (unpaired) electrons. The predicted octanol–water partition coefficient (Wildman–Crippen LogP) is 3.10. The highest BCUT2D eigenvalue weighted by molar-refractivity contribution is 9.10. The Bertz CT molecular complexity index is 656. The van der Waals surface area contributed by atoms with E-state index >= 15 is 0 Å². The number of carbonyl (C=O) groups excluding carboxylic acids is 1. The number of esters is 1. The molecule has 0 aromatic heterocycles. The van der Waals surface area contributed by atoms with Gasteiger partial charge in [0.25, 0.3) is 0 Å². The van der Waals surface area contributed by atoms with Crippen LogP contribution in [0.1, 0.15) is 36.0 Å². The van der Waals surface area contributed by atoms with Gasteiger partial charge in [-0.05, 0) is 46.8 Å². The van der Waals surface area contributed by atoms with Gasteiger partial charge in [0, 0.05) is 0 Å². The second-order valence-corrected chi connectivity index (χ2v) is 7.79. The number of nitrogens with two attached hydrogens (primary N) is 1. The summed E-state index contributed by atoms with van der Waals surface area (Å²) >= 11 is 8.97. The van der Waals surface area contributed by atoms with Crippen molar-refractivity contribution >= 4 is 43.5 Å². The summed E-state index contributed by atoms with van der Waals surface area (Å²) in [5.41, 5.74) is 0.0743. The second-order valence-electron chi connectivity index (χ2n) is 5.06. The lowest BCUT2D eigenvalue weighted by Crippen LogP contribution is -2.16. The average molecular weight is 397 g/mol. The molecule has 0 aliphatic heterocycles. The zero-order chi connectivity index (χ0) is 15.6. The molecule has 2 N–H and O–H groups in total. The van der Waals surface area contributed by atoms with E-state index in [1.54, 1.807) is 0 Å². The van der Waals surface area contributed by atoms with Crippen LogP contribution in [0.3, 0.4) is 0 Å². The highest BCUT2D eigenvalue weighted by Crippen LogP contribution is 2.31. The summed E-state index contributed by atoms with van der Waals surface area (Å²) in [7, 11) is -3.98. The molecule has 21 heavy (non-hydrogen) atoms. The first kappa shape index (κ1) is 16.7. The van der Waals surface area contributed by atoms with Crippen molar-refractivity contribution in [1.29, 1.82) is 0 Å². The molecule has 1 saturated carbocycles. The van der Waals surface area contributed by atoms with Crippen LogP contribution in [0.4, 0.5) is 0 Å². The van der Waals surface area contributed by atoms with Crippen LogP contribution < -0.4 is 5.14 Å². The predicted molar refractivity (Wildman–Crippen MR) is 82.8 cm³/mol. The lowest BCUT2D eigenvalue weighted by Gasteiger charge is -2.11. The molecule has 1 aromatic rings. The van der Waals surface area contributed by atoms with Gasteiger partial charge in [0.1, 0.15) is 0 Å². The van der Waals surface area contributed by atoms with E-state index in [1.807, 2.05) is 0 Å². The van der Waals surface area contributed by atoms with Crippen molar-refractivity contribution in [2.45, 2.75) is 30.6 Å². The number of benzene rings is 1. The fourth-order valence-corrected chi connectivity index (χ4v) is 4.17. The van der Waals surface area contributed by atoms with Gasteiger partial charge in [0.2, 0.25) is 10.0 Å². The molecule has 1 aliphatic rings. The molecule has 0 atom stereocenters. The molecular weight excluding hydrogens is 382 g/mol. The van der Waals surface area contributed by atoms with Crippen LogP contribution in [0.15, 0.2) is 21.5 Å². The van der Waals surface area contributed by atoms with Crippen molar-refractivity contribution in [2.75, 3.05) is 6.61 Å². The minimum absolute atomic E-state index is 0.0743. The summed E-state index contributed by atoms with van der Waals surface area (Å²) in [4.78, 5) is 11.8. The van der Waals surface area contributed by atoms with E-state index in [9.17, 15) is 13.2 Å². The fraction of sp³-hybridized carbons (Fsp3) is 0.462. The molecule has 2 rings (SSSR count). The molecule has 0 heterocycles. The van der Waals surface area contributed by atoms with Gasteiger partial charge in [-0.1, -0.05) is 24.4 Å². The minimum Gasteiger partial charge on any atom is -0.462 e. The van der Waals surface area contributed by atoms with Gasteiger partial charge >= 0.3 is 5.97 Å². The molecule has 1 aromatic carbocycles. The number of rotatable bonds is 4. The molecule has 0 amide bonds. The summed E-state index contributed by atoms with van der Waals surface area (Å²) in [6, 6.07) is 2.53. The van der Waals surface area contributed by atoms with E-state index in [0.29, 0.717) is 12.5 Å². The Morgan fingerprint density at radius 3 is 2.57 bits per heavy atom. The zero-order valence-corrected chi connectivity index (χ0v) is 14.3. The van der Waals surface area contributed by atoms with Crippen LogP contribution in [-0.4, -0.2) is 21.0 Å². The molecule has 1 fully saturated rings. The van der Waals surface area contributed by atoms with Crippen LogP contribution in [0.25, 0.3) is 0 Å². The smallest absolute Gasteiger partial charge is 0.338 e. The Morgan fingerprint density at radius 2 is 2.00 bits per heavy atom. The molecule has 0 unspecified atom stereocenters. The highest BCUT2D eigenvalue weighted by atomic mass is 79.9. The van der Waals surface area contributed by atoms with E-state index in [4.69, 9.17) is 21.5 Å². The molecule has 116 valence electrons. The van der Waals surface area contributed by atoms with E-state index in [2.05, 4.69) is 15.9 Å². The third kappa shape index (κ3) is 4.18.